The third-order valence-corrected chi connectivity index (χ3v) is 4.44. The number of aromatic nitrogens is 3. The molecule has 0 saturated carbocycles. The van der Waals surface area contributed by atoms with Gasteiger partial charge in [0.1, 0.15) is 6.61 Å². The first-order valence-electron chi connectivity index (χ1n) is 8.95. The van der Waals surface area contributed by atoms with Crippen molar-refractivity contribution in [1.82, 2.24) is 20.1 Å². The molecule has 1 N–H and O–H groups in total. The van der Waals surface area contributed by atoms with Crippen LogP contribution in [0, 0.1) is 13.8 Å². The minimum atomic E-state index is -4.34. The zero-order valence-electron chi connectivity index (χ0n) is 16.3. The Morgan fingerprint density at radius 1 is 1.14 bits per heavy atom. The molecule has 3 rings (SSSR count). The van der Waals surface area contributed by atoms with Gasteiger partial charge in [0.15, 0.2) is 5.65 Å². The molecular weight excluding hydrogens is 385 g/mol. The van der Waals surface area contributed by atoms with E-state index in [0.717, 1.165) is 22.3 Å². The molecule has 1 amide bonds. The predicted molar refractivity (Wildman–Crippen MR) is 101 cm³/mol. The van der Waals surface area contributed by atoms with E-state index in [1.54, 1.807) is 49.0 Å². The lowest BCUT2D eigenvalue weighted by molar-refractivity contribution is -0.176. The molecule has 0 aliphatic heterocycles. The number of aryl methyl sites for hydroxylation is 3. The molecule has 2 heterocycles. The highest BCUT2D eigenvalue weighted by atomic mass is 19.4. The Hall–Kier alpha value is -2.94. The van der Waals surface area contributed by atoms with E-state index in [0.29, 0.717) is 16.8 Å². The van der Waals surface area contributed by atoms with Gasteiger partial charge in [0, 0.05) is 19.0 Å². The molecular formula is C20H21F3N4O2. The number of nitrogens with zero attached hydrogens (tertiary/aromatic N) is 3. The van der Waals surface area contributed by atoms with Gasteiger partial charge in [-0.05, 0) is 31.0 Å². The first-order chi connectivity index (χ1) is 13.6. The summed E-state index contributed by atoms with van der Waals surface area (Å²) in [6.45, 7) is 2.51. The summed E-state index contributed by atoms with van der Waals surface area (Å²) in [5.74, 6) is -0.252. The fourth-order valence-corrected chi connectivity index (χ4v) is 2.98. The van der Waals surface area contributed by atoms with Gasteiger partial charge < -0.3 is 10.1 Å². The summed E-state index contributed by atoms with van der Waals surface area (Å²) in [6, 6.07) is 8.63. The van der Waals surface area contributed by atoms with Crippen LogP contribution in [-0.2, 0) is 24.9 Å². The molecule has 6 nitrogen and oxygen atoms in total. The largest absolute Gasteiger partial charge is 0.411 e. The van der Waals surface area contributed by atoms with E-state index in [2.05, 4.69) is 20.1 Å². The normalized spacial score (nSPS) is 11.8. The minimum Gasteiger partial charge on any atom is -0.367 e. The van der Waals surface area contributed by atoms with Gasteiger partial charge in [-0.15, -0.1) is 0 Å². The molecule has 0 radical (unpaired) electrons. The lowest BCUT2D eigenvalue weighted by Crippen LogP contribution is -2.24. The highest BCUT2D eigenvalue weighted by Crippen LogP contribution is 2.19. The van der Waals surface area contributed by atoms with Crippen molar-refractivity contribution in [2.75, 3.05) is 6.61 Å². The molecule has 2 aromatic heterocycles. The maximum absolute atomic E-state index is 12.6. The molecule has 0 atom stereocenters. The summed E-state index contributed by atoms with van der Waals surface area (Å²) < 4.78 is 42.6. The Labute approximate surface area is 165 Å². The second-order valence-electron chi connectivity index (χ2n) is 6.81. The van der Waals surface area contributed by atoms with Crippen LogP contribution < -0.4 is 5.32 Å². The van der Waals surface area contributed by atoms with Gasteiger partial charge in [0.25, 0.3) is 5.91 Å². The maximum atomic E-state index is 12.6. The highest BCUT2D eigenvalue weighted by molar-refractivity contribution is 5.98. The van der Waals surface area contributed by atoms with E-state index in [4.69, 9.17) is 0 Å². The lowest BCUT2D eigenvalue weighted by atomic mass is 10.1. The van der Waals surface area contributed by atoms with E-state index in [-0.39, 0.29) is 19.1 Å². The second kappa shape index (κ2) is 8.20. The van der Waals surface area contributed by atoms with Crippen LogP contribution >= 0.6 is 0 Å². The Balaban J connectivity index is 1.61. The van der Waals surface area contributed by atoms with Crippen molar-refractivity contribution in [2.45, 2.75) is 33.2 Å². The number of hydrogen-bond donors (Lipinski definition) is 1. The van der Waals surface area contributed by atoms with Gasteiger partial charge in [-0.2, -0.15) is 18.3 Å². The summed E-state index contributed by atoms with van der Waals surface area (Å²) in [5.41, 5.74) is 4.05. The first kappa shape index (κ1) is 20.8. The molecule has 0 bridgehead atoms. The average Bonchev–Trinajstić information content (AvgIpc) is 2.92. The van der Waals surface area contributed by atoms with Crippen molar-refractivity contribution < 1.29 is 22.7 Å². The Morgan fingerprint density at radius 2 is 1.79 bits per heavy atom. The summed E-state index contributed by atoms with van der Waals surface area (Å²) in [7, 11) is 1.80. The third kappa shape index (κ3) is 5.11. The van der Waals surface area contributed by atoms with E-state index >= 15 is 0 Å². The van der Waals surface area contributed by atoms with E-state index in [9.17, 15) is 18.0 Å². The van der Waals surface area contributed by atoms with Crippen LogP contribution in [0.25, 0.3) is 11.0 Å². The molecule has 0 saturated heterocycles. The molecule has 1 aromatic carbocycles. The second-order valence-corrected chi connectivity index (χ2v) is 6.81. The molecule has 0 fully saturated rings. The Morgan fingerprint density at radius 3 is 2.45 bits per heavy atom. The minimum absolute atomic E-state index is 0.124. The molecule has 0 spiro atoms. The van der Waals surface area contributed by atoms with Crippen LogP contribution in [-0.4, -0.2) is 33.5 Å². The number of halogens is 3. The zero-order chi connectivity index (χ0) is 21.2. The Kier molecular flexibility index (Phi) is 5.88. The number of hydrogen-bond acceptors (Lipinski definition) is 4. The summed E-state index contributed by atoms with van der Waals surface area (Å²) in [5, 5.41) is 7.99. The molecule has 0 aliphatic carbocycles. The number of amides is 1. The van der Waals surface area contributed by atoms with Crippen molar-refractivity contribution in [3.8, 4) is 0 Å². The lowest BCUT2D eigenvalue weighted by Gasteiger charge is -2.10. The van der Waals surface area contributed by atoms with E-state index in [1.807, 2.05) is 6.92 Å². The third-order valence-electron chi connectivity index (χ3n) is 4.44. The van der Waals surface area contributed by atoms with Crippen LogP contribution in [0.4, 0.5) is 13.2 Å². The smallest absolute Gasteiger partial charge is 0.367 e. The maximum Gasteiger partial charge on any atom is 0.411 e. The number of alkyl halides is 3. The number of nitrogens with one attached hydrogen (secondary N) is 1. The number of carbonyl (C=O) groups is 1. The molecule has 154 valence electrons. The number of ether oxygens (including phenoxy) is 1. The summed E-state index contributed by atoms with van der Waals surface area (Å²) in [6.07, 6.45) is -4.34. The van der Waals surface area contributed by atoms with Crippen LogP contribution in [0.15, 0.2) is 30.3 Å². The molecule has 0 aliphatic rings. The van der Waals surface area contributed by atoms with Gasteiger partial charge in [-0.1, -0.05) is 24.3 Å². The quantitative estimate of drug-likeness (QED) is 0.679. The van der Waals surface area contributed by atoms with Crippen molar-refractivity contribution in [3.05, 3.63) is 58.4 Å². The summed E-state index contributed by atoms with van der Waals surface area (Å²) >= 11 is 0. The van der Waals surface area contributed by atoms with Gasteiger partial charge in [0.2, 0.25) is 0 Å². The Bertz CT molecular complexity index is 1030. The fourth-order valence-electron chi connectivity index (χ4n) is 2.98. The van der Waals surface area contributed by atoms with Crippen molar-refractivity contribution >= 4 is 16.9 Å². The number of fused-ring (bicyclic) bond motifs is 1. The average molecular weight is 406 g/mol. The number of benzene rings is 1. The highest BCUT2D eigenvalue weighted by Gasteiger charge is 2.27. The molecule has 9 heteroatoms. The molecule has 3 aromatic rings. The number of carbonyl (C=O) groups excluding carboxylic acids is 1. The fraction of sp³-hybridized carbons (Fsp3) is 0.350. The van der Waals surface area contributed by atoms with Crippen LogP contribution in [0.2, 0.25) is 0 Å². The molecule has 0 unspecified atom stereocenters. The monoisotopic (exact) mass is 406 g/mol. The first-order valence-corrected chi connectivity index (χ1v) is 8.95. The van der Waals surface area contributed by atoms with Gasteiger partial charge in [-0.3, -0.25) is 9.48 Å². The standard InChI is InChI=1S/C20H21F3N4O2/c1-12-17(8-16-13(2)26-27(3)18(16)25-12)19(28)24-9-14-4-6-15(7-5-14)10-29-11-20(21,22)23/h4-8H,9-11H2,1-3H3,(H,24,28). The SMILES string of the molecule is Cc1nc2c(cc1C(=O)NCc1ccc(COCC(F)(F)F)cc1)c(C)nn2C. The van der Waals surface area contributed by atoms with E-state index < -0.39 is 12.8 Å². The predicted octanol–water partition coefficient (Wildman–Crippen LogP) is 3.59. The molecule has 29 heavy (non-hydrogen) atoms. The number of rotatable bonds is 6. The van der Waals surface area contributed by atoms with Crippen molar-refractivity contribution in [2.24, 2.45) is 7.05 Å². The van der Waals surface area contributed by atoms with Crippen LogP contribution in [0.1, 0.15) is 32.9 Å². The van der Waals surface area contributed by atoms with Crippen molar-refractivity contribution in [3.63, 3.8) is 0 Å². The van der Waals surface area contributed by atoms with Gasteiger partial charge in [0.05, 0.1) is 23.6 Å². The van der Waals surface area contributed by atoms with E-state index in [1.165, 1.54) is 0 Å². The topological polar surface area (TPSA) is 69.0 Å². The summed E-state index contributed by atoms with van der Waals surface area (Å²) in [4.78, 5) is 17.1. The zero-order valence-corrected chi connectivity index (χ0v) is 16.3. The van der Waals surface area contributed by atoms with Crippen LogP contribution in [0.5, 0.6) is 0 Å². The van der Waals surface area contributed by atoms with Crippen LogP contribution in [0.3, 0.4) is 0 Å². The van der Waals surface area contributed by atoms with Gasteiger partial charge in [-0.25, -0.2) is 4.98 Å². The van der Waals surface area contributed by atoms with Gasteiger partial charge >= 0.3 is 6.18 Å². The van der Waals surface area contributed by atoms with Crippen molar-refractivity contribution in [1.29, 1.82) is 0 Å². The number of pyridine rings is 1.